The van der Waals surface area contributed by atoms with Crippen molar-refractivity contribution in [3.8, 4) is 0 Å². The number of nitrogens with one attached hydrogen (secondary N) is 2. The van der Waals surface area contributed by atoms with Crippen LogP contribution in [-0.4, -0.2) is 17.1 Å². The summed E-state index contributed by atoms with van der Waals surface area (Å²) in [4.78, 5) is 14.4. The van der Waals surface area contributed by atoms with E-state index in [9.17, 15) is 4.79 Å². The minimum absolute atomic E-state index is 0.00621. The van der Waals surface area contributed by atoms with Gasteiger partial charge in [-0.25, -0.2) is 5.43 Å². The lowest BCUT2D eigenvalue weighted by atomic mass is 10.1. The summed E-state index contributed by atoms with van der Waals surface area (Å²) in [6.07, 6.45) is 11.1. The minimum atomic E-state index is -0.00621. The van der Waals surface area contributed by atoms with Crippen LogP contribution < -0.4 is 5.43 Å². The number of carbonyl (C=O) groups is 1. The first-order chi connectivity index (χ1) is 8.83. The molecule has 4 heteroatoms. The predicted molar refractivity (Wildman–Crippen MR) is 74.5 cm³/mol. The molecule has 0 aliphatic rings. The molecule has 2 N–H and O–H groups in total. The lowest BCUT2D eigenvalue weighted by molar-refractivity contribution is -0.121. The van der Waals surface area contributed by atoms with Gasteiger partial charge in [-0.2, -0.15) is 5.10 Å². The van der Waals surface area contributed by atoms with Gasteiger partial charge < -0.3 is 4.98 Å². The van der Waals surface area contributed by atoms with Gasteiger partial charge in [-0.15, -0.1) is 0 Å². The molecule has 0 saturated carbocycles. The zero-order valence-electron chi connectivity index (χ0n) is 11.1. The molecule has 0 aromatic carbocycles. The molecule has 0 atom stereocenters. The van der Waals surface area contributed by atoms with E-state index >= 15 is 0 Å². The monoisotopic (exact) mass is 249 g/mol. The highest BCUT2D eigenvalue weighted by atomic mass is 16.2. The third kappa shape index (κ3) is 6.89. The van der Waals surface area contributed by atoms with Crippen molar-refractivity contribution < 1.29 is 4.79 Å². The maximum absolute atomic E-state index is 11.4. The van der Waals surface area contributed by atoms with Gasteiger partial charge in [0.1, 0.15) is 0 Å². The second-order valence-electron chi connectivity index (χ2n) is 4.44. The third-order valence-corrected chi connectivity index (χ3v) is 2.77. The van der Waals surface area contributed by atoms with Gasteiger partial charge >= 0.3 is 0 Å². The Hall–Kier alpha value is -1.58. The standard InChI is InChI=1S/C14H23N3O/c1-2-3-4-5-6-7-10-14(18)17-16-12-13-9-8-11-15-13/h8-9,11-12,15H,2-7,10H2,1H3,(H,17,18)/b16-12+. The normalized spacial score (nSPS) is 10.9. The van der Waals surface area contributed by atoms with Crippen LogP contribution in [0.15, 0.2) is 23.4 Å². The Bertz CT molecular complexity index is 344. The summed E-state index contributed by atoms with van der Waals surface area (Å²) in [5.41, 5.74) is 3.42. The summed E-state index contributed by atoms with van der Waals surface area (Å²) in [7, 11) is 0. The van der Waals surface area contributed by atoms with Gasteiger partial charge in [0.25, 0.3) is 0 Å². The van der Waals surface area contributed by atoms with Gasteiger partial charge in [0.15, 0.2) is 0 Å². The molecule has 1 aromatic heterocycles. The van der Waals surface area contributed by atoms with E-state index in [1.54, 1.807) is 6.21 Å². The molecule has 0 bridgehead atoms. The highest BCUT2D eigenvalue weighted by molar-refractivity contribution is 5.80. The van der Waals surface area contributed by atoms with Gasteiger partial charge in [0.05, 0.1) is 11.9 Å². The van der Waals surface area contributed by atoms with Crippen molar-refractivity contribution in [3.63, 3.8) is 0 Å². The number of rotatable bonds is 9. The highest BCUT2D eigenvalue weighted by Crippen LogP contribution is 2.06. The molecule has 1 aromatic rings. The molecule has 0 radical (unpaired) electrons. The SMILES string of the molecule is CCCCCCCCC(=O)N/N=C/c1ccc[nH]1. The molecule has 0 aliphatic carbocycles. The molecule has 18 heavy (non-hydrogen) atoms. The fraction of sp³-hybridized carbons (Fsp3) is 0.571. The Kier molecular flexibility index (Phi) is 7.60. The molecule has 100 valence electrons. The number of amides is 1. The molecule has 1 amide bonds. The molecule has 0 fully saturated rings. The van der Waals surface area contributed by atoms with Crippen molar-refractivity contribution in [2.75, 3.05) is 0 Å². The molecule has 0 saturated heterocycles. The summed E-state index contributed by atoms with van der Waals surface area (Å²) < 4.78 is 0. The largest absolute Gasteiger partial charge is 0.360 e. The number of hydrazone groups is 1. The number of hydrogen-bond acceptors (Lipinski definition) is 2. The molecule has 1 heterocycles. The minimum Gasteiger partial charge on any atom is -0.360 e. The molecular formula is C14H23N3O. The number of nitrogens with zero attached hydrogens (tertiary/aromatic N) is 1. The van der Waals surface area contributed by atoms with Gasteiger partial charge in [-0.3, -0.25) is 4.79 Å². The first kappa shape index (κ1) is 14.5. The third-order valence-electron chi connectivity index (χ3n) is 2.77. The predicted octanol–water partition coefficient (Wildman–Crippen LogP) is 3.22. The first-order valence-electron chi connectivity index (χ1n) is 6.78. The van der Waals surface area contributed by atoms with Crippen LogP contribution in [0.1, 0.15) is 57.6 Å². The van der Waals surface area contributed by atoms with E-state index < -0.39 is 0 Å². The topological polar surface area (TPSA) is 57.2 Å². The molecule has 4 nitrogen and oxygen atoms in total. The van der Waals surface area contributed by atoms with Gasteiger partial charge in [0.2, 0.25) is 5.91 Å². The van der Waals surface area contributed by atoms with Crippen molar-refractivity contribution in [2.45, 2.75) is 51.9 Å². The van der Waals surface area contributed by atoms with Crippen LogP contribution in [0.4, 0.5) is 0 Å². The highest BCUT2D eigenvalue weighted by Gasteiger charge is 1.98. The second kappa shape index (κ2) is 9.45. The number of H-pyrrole nitrogens is 1. The van der Waals surface area contributed by atoms with E-state index in [1.165, 1.54) is 25.7 Å². The number of unbranched alkanes of at least 4 members (excludes halogenated alkanes) is 5. The van der Waals surface area contributed by atoms with Gasteiger partial charge in [-0.05, 0) is 18.6 Å². The second-order valence-corrected chi connectivity index (χ2v) is 4.44. The number of hydrogen-bond donors (Lipinski definition) is 2. The fourth-order valence-electron chi connectivity index (χ4n) is 1.72. The van der Waals surface area contributed by atoms with Crippen molar-refractivity contribution in [2.24, 2.45) is 5.10 Å². The molecule has 0 aliphatic heterocycles. The van der Waals surface area contributed by atoms with E-state index in [2.05, 4.69) is 22.4 Å². The summed E-state index contributed by atoms with van der Waals surface area (Å²) >= 11 is 0. The quantitative estimate of drug-likeness (QED) is 0.394. The lowest BCUT2D eigenvalue weighted by Crippen LogP contribution is -2.16. The number of aromatic amines is 1. The maximum atomic E-state index is 11.4. The van der Waals surface area contributed by atoms with Crippen molar-refractivity contribution in [3.05, 3.63) is 24.0 Å². The number of aromatic nitrogens is 1. The van der Waals surface area contributed by atoms with Crippen molar-refractivity contribution in [1.29, 1.82) is 0 Å². The number of carbonyl (C=O) groups excluding carboxylic acids is 1. The van der Waals surface area contributed by atoms with E-state index in [0.717, 1.165) is 18.5 Å². The van der Waals surface area contributed by atoms with Crippen LogP contribution in [0.5, 0.6) is 0 Å². The van der Waals surface area contributed by atoms with E-state index in [4.69, 9.17) is 0 Å². The Morgan fingerprint density at radius 2 is 2.11 bits per heavy atom. The summed E-state index contributed by atoms with van der Waals surface area (Å²) in [5.74, 6) is -0.00621. The first-order valence-corrected chi connectivity index (χ1v) is 6.78. The van der Waals surface area contributed by atoms with E-state index in [0.29, 0.717) is 6.42 Å². The maximum Gasteiger partial charge on any atom is 0.240 e. The van der Waals surface area contributed by atoms with Crippen molar-refractivity contribution >= 4 is 12.1 Å². The zero-order valence-corrected chi connectivity index (χ0v) is 11.1. The average Bonchev–Trinajstić information content (AvgIpc) is 2.87. The van der Waals surface area contributed by atoms with E-state index in [1.807, 2.05) is 18.3 Å². The average molecular weight is 249 g/mol. The van der Waals surface area contributed by atoms with Gasteiger partial charge in [0, 0.05) is 12.6 Å². The summed E-state index contributed by atoms with van der Waals surface area (Å²) in [6, 6.07) is 3.78. The Morgan fingerprint density at radius 3 is 2.83 bits per heavy atom. The fourth-order valence-corrected chi connectivity index (χ4v) is 1.72. The van der Waals surface area contributed by atoms with Crippen LogP contribution in [0.2, 0.25) is 0 Å². The lowest BCUT2D eigenvalue weighted by Gasteiger charge is -2.00. The zero-order chi connectivity index (χ0) is 13.1. The Balaban J connectivity index is 2.00. The van der Waals surface area contributed by atoms with Crippen LogP contribution in [0.25, 0.3) is 0 Å². The molecule has 0 spiro atoms. The van der Waals surface area contributed by atoms with Crippen LogP contribution in [0.3, 0.4) is 0 Å². The van der Waals surface area contributed by atoms with Crippen LogP contribution in [-0.2, 0) is 4.79 Å². The molecular weight excluding hydrogens is 226 g/mol. The summed E-state index contributed by atoms with van der Waals surface area (Å²) in [5, 5.41) is 3.89. The molecule has 1 rings (SSSR count). The molecule has 0 unspecified atom stereocenters. The summed E-state index contributed by atoms with van der Waals surface area (Å²) in [6.45, 7) is 2.20. The Labute approximate surface area is 109 Å². The van der Waals surface area contributed by atoms with Gasteiger partial charge in [-0.1, -0.05) is 39.0 Å². The van der Waals surface area contributed by atoms with Crippen LogP contribution >= 0.6 is 0 Å². The van der Waals surface area contributed by atoms with Crippen LogP contribution in [0, 0.1) is 0 Å². The van der Waals surface area contributed by atoms with E-state index in [-0.39, 0.29) is 5.91 Å². The Morgan fingerprint density at radius 1 is 1.33 bits per heavy atom. The van der Waals surface area contributed by atoms with Crippen molar-refractivity contribution in [1.82, 2.24) is 10.4 Å². The smallest absolute Gasteiger partial charge is 0.240 e.